The van der Waals surface area contributed by atoms with Crippen molar-refractivity contribution in [3.05, 3.63) is 30.3 Å². The Kier molecular flexibility index (Phi) is 11.0. The molecule has 1 aromatic rings. The van der Waals surface area contributed by atoms with Gasteiger partial charge in [-0.05, 0) is 25.0 Å². The number of hydrogen-bond donors (Lipinski definition) is 4. The van der Waals surface area contributed by atoms with Crippen LogP contribution >= 0.6 is 0 Å². The van der Waals surface area contributed by atoms with Gasteiger partial charge in [0.15, 0.2) is 6.29 Å². The maximum atomic E-state index is 11.0. The van der Waals surface area contributed by atoms with Gasteiger partial charge in [-0.2, -0.15) is 16.8 Å². The fourth-order valence-corrected chi connectivity index (χ4v) is 2.79. The standard InChI is InChI=1S/C7H16O6S.C6H6O3S/c8-4-1-2-5-13-14(11,12)6-3-7(9)10;7-10(8,9)6-4-2-1-3-5-6/h7-10H,1-6H2;1-5H,(H,7,8,9). The largest absolute Gasteiger partial charge is 0.396 e. The zero-order chi connectivity index (χ0) is 18.6. The number of aliphatic hydroxyl groups excluding tert-OH is 2. The number of hydrogen-bond acceptors (Lipinski definition) is 8. The molecular weight excluding hydrogens is 364 g/mol. The lowest BCUT2D eigenvalue weighted by Gasteiger charge is -2.05. The van der Waals surface area contributed by atoms with Gasteiger partial charge in [0.2, 0.25) is 0 Å². The second-order valence-electron chi connectivity index (χ2n) is 4.57. The summed E-state index contributed by atoms with van der Waals surface area (Å²) in [6.07, 6.45) is -0.955. The van der Waals surface area contributed by atoms with E-state index in [0.717, 1.165) is 0 Å². The molecule has 0 heterocycles. The van der Waals surface area contributed by atoms with E-state index in [2.05, 4.69) is 4.18 Å². The minimum Gasteiger partial charge on any atom is -0.396 e. The van der Waals surface area contributed by atoms with Crippen LogP contribution in [0.1, 0.15) is 19.3 Å². The number of benzene rings is 1. The van der Waals surface area contributed by atoms with Gasteiger partial charge in [0.25, 0.3) is 20.2 Å². The van der Waals surface area contributed by atoms with Crippen LogP contribution in [0.5, 0.6) is 0 Å². The molecule has 0 fully saturated rings. The molecule has 0 aliphatic carbocycles. The summed E-state index contributed by atoms with van der Waals surface area (Å²) in [5.74, 6) is -0.413. The van der Waals surface area contributed by atoms with Gasteiger partial charge < -0.3 is 15.3 Å². The van der Waals surface area contributed by atoms with Crippen molar-refractivity contribution in [2.45, 2.75) is 30.4 Å². The summed E-state index contributed by atoms with van der Waals surface area (Å²) >= 11 is 0. The Labute approximate surface area is 141 Å². The lowest BCUT2D eigenvalue weighted by Crippen LogP contribution is -2.17. The van der Waals surface area contributed by atoms with Crippen molar-refractivity contribution in [3.63, 3.8) is 0 Å². The molecule has 140 valence electrons. The van der Waals surface area contributed by atoms with Crippen LogP contribution < -0.4 is 0 Å². The first-order valence-corrected chi connectivity index (χ1v) is 9.97. The summed E-state index contributed by atoms with van der Waals surface area (Å²) < 4.78 is 55.7. The fourth-order valence-electron chi connectivity index (χ4n) is 1.30. The van der Waals surface area contributed by atoms with Gasteiger partial charge in [-0.3, -0.25) is 8.74 Å². The van der Waals surface area contributed by atoms with Crippen LogP contribution in [0.25, 0.3) is 0 Å². The van der Waals surface area contributed by atoms with E-state index in [0.29, 0.717) is 12.8 Å². The van der Waals surface area contributed by atoms with Crippen molar-refractivity contribution in [2.24, 2.45) is 0 Å². The Morgan fingerprint density at radius 3 is 2.00 bits per heavy atom. The number of aliphatic hydroxyl groups is 3. The zero-order valence-electron chi connectivity index (χ0n) is 12.9. The minimum absolute atomic E-state index is 0.00123. The molecule has 0 aliphatic heterocycles. The molecule has 0 saturated carbocycles. The second-order valence-corrected chi connectivity index (χ2v) is 7.75. The monoisotopic (exact) mass is 386 g/mol. The van der Waals surface area contributed by atoms with E-state index < -0.39 is 32.3 Å². The number of rotatable bonds is 9. The summed E-state index contributed by atoms with van der Waals surface area (Å²) in [6, 6.07) is 7.42. The summed E-state index contributed by atoms with van der Waals surface area (Å²) in [5, 5.41) is 25.3. The van der Waals surface area contributed by atoms with Gasteiger partial charge in [-0.1, -0.05) is 18.2 Å². The van der Waals surface area contributed by atoms with Gasteiger partial charge in [-0.25, -0.2) is 0 Å². The molecule has 0 unspecified atom stereocenters. The van der Waals surface area contributed by atoms with Crippen LogP contribution in [0, 0.1) is 0 Å². The lowest BCUT2D eigenvalue weighted by atomic mass is 10.3. The molecule has 0 aliphatic rings. The van der Waals surface area contributed by atoms with Crippen LogP contribution in [-0.4, -0.2) is 62.0 Å². The molecule has 0 radical (unpaired) electrons. The Bertz CT molecular complexity index is 639. The minimum atomic E-state index is -4.00. The topological polar surface area (TPSA) is 158 Å². The molecule has 0 aromatic heterocycles. The Morgan fingerprint density at radius 2 is 1.58 bits per heavy atom. The molecule has 24 heavy (non-hydrogen) atoms. The van der Waals surface area contributed by atoms with Crippen LogP contribution in [0.3, 0.4) is 0 Å². The maximum Gasteiger partial charge on any atom is 0.294 e. The Hall–Kier alpha value is -1.08. The smallest absolute Gasteiger partial charge is 0.294 e. The van der Waals surface area contributed by atoms with Gasteiger partial charge in [-0.15, -0.1) is 0 Å². The first-order chi connectivity index (χ1) is 11.1. The third-order valence-corrected chi connectivity index (χ3v) is 4.61. The van der Waals surface area contributed by atoms with Crippen LogP contribution in [0.2, 0.25) is 0 Å². The van der Waals surface area contributed by atoms with Crippen molar-refractivity contribution in [1.29, 1.82) is 0 Å². The molecule has 9 nitrogen and oxygen atoms in total. The average Bonchev–Trinajstić information content (AvgIpc) is 2.51. The summed E-state index contributed by atoms with van der Waals surface area (Å²) in [5.41, 5.74) is 0. The predicted octanol–water partition coefficient (Wildman–Crippen LogP) is -0.261. The van der Waals surface area contributed by atoms with Crippen LogP contribution in [0.4, 0.5) is 0 Å². The molecule has 0 spiro atoms. The van der Waals surface area contributed by atoms with Gasteiger partial charge in [0, 0.05) is 13.0 Å². The van der Waals surface area contributed by atoms with Crippen LogP contribution in [0.15, 0.2) is 35.2 Å². The van der Waals surface area contributed by atoms with E-state index in [1.54, 1.807) is 18.2 Å². The summed E-state index contributed by atoms with van der Waals surface area (Å²) in [6.45, 7) is 0.0170. The highest BCUT2D eigenvalue weighted by Crippen LogP contribution is 2.05. The van der Waals surface area contributed by atoms with Crippen molar-refractivity contribution in [3.8, 4) is 0 Å². The van der Waals surface area contributed by atoms with Crippen molar-refractivity contribution >= 4 is 20.2 Å². The molecule has 1 rings (SSSR count). The average molecular weight is 386 g/mol. The fraction of sp³-hybridized carbons (Fsp3) is 0.538. The van der Waals surface area contributed by atoms with E-state index in [4.69, 9.17) is 19.9 Å². The maximum absolute atomic E-state index is 11.0. The lowest BCUT2D eigenvalue weighted by molar-refractivity contribution is -0.0410. The normalized spacial score (nSPS) is 11.9. The van der Waals surface area contributed by atoms with Gasteiger partial charge in [0.1, 0.15) is 0 Å². The molecular formula is C13H22O9S2. The molecule has 0 amide bonds. The van der Waals surface area contributed by atoms with E-state index in [-0.39, 0.29) is 24.5 Å². The highest BCUT2D eigenvalue weighted by molar-refractivity contribution is 7.86. The van der Waals surface area contributed by atoms with E-state index in [1.807, 2.05) is 0 Å². The predicted molar refractivity (Wildman–Crippen MR) is 85.2 cm³/mol. The van der Waals surface area contributed by atoms with Crippen LogP contribution in [-0.2, 0) is 24.4 Å². The summed E-state index contributed by atoms with van der Waals surface area (Å²) in [4.78, 5) is -0.0741. The highest BCUT2D eigenvalue weighted by Gasteiger charge is 2.12. The summed E-state index contributed by atoms with van der Waals surface area (Å²) in [7, 11) is -7.66. The van der Waals surface area contributed by atoms with Gasteiger partial charge >= 0.3 is 0 Å². The van der Waals surface area contributed by atoms with Crippen molar-refractivity contribution in [1.82, 2.24) is 0 Å². The molecule has 1 aromatic carbocycles. The first-order valence-electron chi connectivity index (χ1n) is 6.95. The van der Waals surface area contributed by atoms with Gasteiger partial charge in [0.05, 0.1) is 17.3 Å². The third-order valence-electron chi connectivity index (χ3n) is 2.48. The van der Waals surface area contributed by atoms with E-state index in [1.165, 1.54) is 12.1 Å². The molecule has 0 bridgehead atoms. The highest BCUT2D eigenvalue weighted by atomic mass is 32.2. The van der Waals surface area contributed by atoms with Crippen molar-refractivity contribution in [2.75, 3.05) is 19.0 Å². The first kappa shape index (κ1) is 22.9. The quantitative estimate of drug-likeness (QED) is 0.194. The third kappa shape index (κ3) is 12.4. The Morgan fingerprint density at radius 1 is 1.00 bits per heavy atom. The van der Waals surface area contributed by atoms with E-state index >= 15 is 0 Å². The second kappa shape index (κ2) is 11.5. The Balaban J connectivity index is 0.000000463. The van der Waals surface area contributed by atoms with Crippen molar-refractivity contribution < 1.29 is 40.9 Å². The molecule has 4 N–H and O–H groups in total. The number of unbranched alkanes of at least 4 members (excludes halogenated alkanes) is 1. The molecule has 11 heteroatoms. The SMILES string of the molecule is O=S(=O)(CCC(O)O)OCCCCO.O=S(=O)(O)c1ccccc1. The molecule has 0 saturated heterocycles. The zero-order valence-corrected chi connectivity index (χ0v) is 14.5. The molecule has 0 atom stereocenters. The van der Waals surface area contributed by atoms with E-state index in [9.17, 15) is 16.8 Å².